The number of thioether (sulfide) groups is 2. The molecule has 0 saturated carbocycles. The van der Waals surface area contributed by atoms with Crippen LogP contribution >= 0.6 is 72.4 Å². The Bertz CT molecular complexity index is 1520. The van der Waals surface area contributed by atoms with Crippen molar-refractivity contribution in [1.29, 1.82) is 0 Å². The number of fused-ring (bicyclic) bond motifs is 2. The van der Waals surface area contributed by atoms with E-state index in [-0.39, 0.29) is 11.1 Å². The summed E-state index contributed by atoms with van der Waals surface area (Å²) in [6, 6.07) is 21.3. The van der Waals surface area contributed by atoms with Gasteiger partial charge in [-0.05, 0) is 110 Å². The van der Waals surface area contributed by atoms with Crippen LogP contribution in [0.25, 0.3) is 0 Å². The first kappa shape index (κ1) is 36.5. The van der Waals surface area contributed by atoms with Crippen molar-refractivity contribution < 1.29 is 4.21 Å². The number of hydrogen-bond acceptors (Lipinski definition) is 7. The van der Waals surface area contributed by atoms with Crippen molar-refractivity contribution in [3.05, 3.63) is 93.8 Å². The van der Waals surface area contributed by atoms with Gasteiger partial charge in [-0.1, -0.05) is 110 Å². The Morgan fingerprint density at radius 2 is 1.06 bits per heavy atom. The van der Waals surface area contributed by atoms with Crippen molar-refractivity contribution in [2.24, 2.45) is 11.8 Å². The molecule has 0 bridgehead atoms. The Labute approximate surface area is 319 Å². The molecular weight excluding hydrogens is 725 g/mol. The third-order valence-corrected chi connectivity index (χ3v) is 15.8. The van der Waals surface area contributed by atoms with Crippen LogP contribution in [-0.4, -0.2) is 57.0 Å². The molecule has 2 aromatic rings. The van der Waals surface area contributed by atoms with Gasteiger partial charge in [0.1, 0.15) is 9.98 Å². The Balaban J connectivity index is 1.04. The lowest BCUT2D eigenvalue weighted by atomic mass is 9.83. The molecule has 4 atom stereocenters. The summed E-state index contributed by atoms with van der Waals surface area (Å²) in [4.78, 5) is 10.7. The number of nitrogens with zero attached hydrogens (tertiary/aromatic N) is 2. The minimum atomic E-state index is -0.865. The first-order valence-corrected chi connectivity index (χ1v) is 22.1. The van der Waals surface area contributed by atoms with Crippen LogP contribution in [0, 0.1) is 11.8 Å². The Kier molecular flexibility index (Phi) is 12.1. The van der Waals surface area contributed by atoms with Crippen LogP contribution in [-0.2, 0) is 21.9 Å². The highest BCUT2D eigenvalue weighted by molar-refractivity contribution is 8.03. The predicted octanol–water partition coefficient (Wildman–Crippen LogP) is 10.1. The third-order valence-electron chi connectivity index (χ3n) is 10.4. The van der Waals surface area contributed by atoms with Crippen molar-refractivity contribution in [2.75, 3.05) is 23.0 Å². The second-order valence-electron chi connectivity index (χ2n) is 13.5. The molecule has 0 aliphatic carbocycles. The van der Waals surface area contributed by atoms with Gasteiger partial charge in [0, 0.05) is 34.1 Å². The lowest BCUT2D eigenvalue weighted by molar-refractivity contribution is 0.256. The van der Waals surface area contributed by atoms with Gasteiger partial charge >= 0.3 is 0 Å². The second-order valence-corrected chi connectivity index (χ2v) is 19.2. The highest BCUT2D eigenvalue weighted by Gasteiger charge is 2.45. The smallest absolute Gasteiger partial charge is 0.108 e. The summed E-state index contributed by atoms with van der Waals surface area (Å²) in [5.74, 6) is 4.23. The van der Waals surface area contributed by atoms with Gasteiger partial charge in [-0.3, -0.25) is 4.21 Å². The van der Waals surface area contributed by atoms with Crippen molar-refractivity contribution in [3.8, 4) is 0 Å². The van der Waals surface area contributed by atoms with E-state index >= 15 is 0 Å². The van der Waals surface area contributed by atoms with Crippen LogP contribution in [0.3, 0.4) is 0 Å². The zero-order valence-electron chi connectivity index (χ0n) is 27.7. The van der Waals surface area contributed by atoms with Gasteiger partial charge in [0.25, 0.3) is 0 Å². The van der Waals surface area contributed by atoms with Crippen LogP contribution in [0.1, 0.15) is 76.3 Å². The van der Waals surface area contributed by atoms with Gasteiger partial charge in [-0.15, -0.1) is 23.5 Å². The van der Waals surface area contributed by atoms with Gasteiger partial charge in [0.2, 0.25) is 0 Å². The average Bonchev–Trinajstić information content (AvgIpc) is 3.76. The molecule has 48 heavy (non-hydrogen) atoms. The Morgan fingerprint density at radius 1 is 0.667 bits per heavy atom. The summed E-state index contributed by atoms with van der Waals surface area (Å²) in [5.41, 5.74) is 1.78. The summed E-state index contributed by atoms with van der Waals surface area (Å²) in [7, 11) is -0.865. The van der Waals surface area contributed by atoms with E-state index in [2.05, 4.69) is 96.5 Å². The minimum absolute atomic E-state index is 0.299. The number of benzene rings is 2. The molecule has 0 aromatic heterocycles. The summed E-state index contributed by atoms with van der Waals surface area (Å²) in [5, 5.41) is 0. The molecule has 4 heterocycles. The lowest BCUT2D eigenvalue weighted by Crippen LogP contribution is -2.53. The van der Waals surface area contributed by atoms with E-state index in [4.69, 9.17) is 48.9 Å². The maximum Gasteiger partial charge on any atom is 0.108 e. The molecule has 4 aliphatic rings. The van der Waals surface area contributed by atoms with Crippen LogP contribution in [0.4, 0.5) is 0 Å². The van der Waals surface area contributed by atoms with Gasteiger partial charge in [-0.25, -0.2) is 0 Å². The number of rotatable bonds is 14. The maximum absolute atomic E-state index is 13.3. The number of hydrogen-bond donors (Lipinski definition) is 0. The van der Waals surface area contributed by atoms with Crippen molar-refractivity contribution in [2.45, 2.75) is 76.3 Å². The molecule has 4 unspecified atom stereocenters. The van der Waals surface area contributed by atoms with E-state index in [0.29, 0.717) is 23.3 Å². The lowest BCUT2D eigenvalue weighted by Gasteiger charge is -2.46. The minimum Gasteiger partial charge on any atom is -0.316 e. The quantitative estimate of drug-likeness (QED) is 0.137. The highest BCUT2D eigenvalue weighted by Crippen LogP contribution is 2.47. The zero-order valence-corrected chi connectivity index (χ0v) is 33.4. The SMILES string of the molecule is CC(CCCCS(=O)CCCCC(C)(c1ccccc1)N1C(=S)C=C2SCCC2C1=S)(c1ccccc1)N1C(=S)C=C2SCCC2C1=S. The Hall–Kier alpha value is -1.27. The molecule has 254 valence electrons. The predicted molar refractivity (Wildman–Crippen MR) is 225 cm³/mol. The molecule has 2 saturated heterocycles. The molecule has 0 radical (unpaired) electrons. The zero-order chi connectivity index (χ0) is 33.9. The third kappa shape index (κ3) is 7.51. The molecule has 0 N–H and O–H groups in total. The fraction of sp³-hybridized carbons (Fsp3) is 0.474. The van der Waals surface area contributed by atoms with E-state index < -0.39 is 10.8 Å². The molecule has 0 amide bonds. The molecule has 4 aliphatic heterocycles. The molecule has 10 heteroatoms. The number of unbranched alkanes of at least 4 members (excludes halogenated alkanes) is 2. The summed E-state index contributed by atoms with van der Waals surface area (Å²) < 4.78 is 13.3. The molecule has 2 fully saturated rings. The van der Waals surface area contributed by atoms with Crippen LogP contribution in [0.15, 0.2) is 82.6 Å². The molecule has 2 aromatic carbocycles. The summed E-state index contributed by atoms with van der Waals surface area (Å²) in [6.07, 6.45) is 12.1. The molecular formula is C38H44N2OS7. The summed E-state index contributed by atoms with van der Waals surface area (Å²) >= 11 is 28.0. The largest absolute Gasteiger partial charge is 0.316 e. The summed E-state index contributed by atoms with van der Waals surface area (Å²) in [6.45, 7) is 4.56. The monoisotopic (exact) mass is 768 g/mol. The average molecular weight is 769 g/mol. The van der Waals surface area contributed by atoms with E-state index in [9.17, 15) is 4.21 Å². The van der Waals surface area contributed by atoms with Crippen molar-refractivity contribution >= 4 is 103 Å². The van der Waals surface area contributed by atoms with E-state index in [0.717, 1.165) is 82.8 Å². The van der Waals surface area contributed by atoms with E-state index in [1.807, 2.05) is 23.5 Å². The van der Waals surface area contributed by atoms with Crippen LogP contribution in [0.2, 0.25) is 0 Å². The van der Waals surface area contributed by atoms with Crippen LogP contribution in [0.5, 0.6) is 0 Å². The van der Waals surface area contributed by atoms with Gasteiger partial charge < -0.3 is 9.80 Å². The van der Waals surface area contributed by atoms with Gasteiger partial charge in [-0.2, -0.15) is 0 Å². The van der Waals surface area contributed by atoms with Gasteiger partial charge in [0.15, 0.2) is 0 Å². The fourth-order valence-corrected chi connectivity index (χ4v) is 13.7. The first-order valence-electron chi connectivity index (χ1n) is 17.0. The second kappa shape index (κ2) is 16.0. The van der Waals surface area contributed by atoms with E-state index in [1.54, 1.807) is 0 Å². The van der Waals surface area contributed by atoms with Gasteiger partial charge in [0.05, 0.1) is 21.1 Å². The normalized spacial score (nSPS) is 24.0. The Morgan fingerprint density at radius 3 is 1.46 bits per heavy atom. The van der Waals surface area contributed by atoms with Crippen molar-refractivity contribution in [1.82, 2.24) is 9.80 Å². The molecule has 6 rings (SSSR count). The maximum atomic E-state index is 13.3. The topological polar surface area (TPSA) is 23.6 Å². The highest BCUT2D eigenvalue weighted by atomic mass is 32.2. The number of thiocarbonyl (C=S) groups is 4. The standard InChI is InChI=1S/C38H44N2OS7/c1-37(27-13-5-3-6-14-27,39-33(42)25-31-29(35(39)44)17-21-46-31)19-9-11-23-48(41)24-12-10-20-38(2,28-15-7-4-8-16-28)40-34(43)26-32-30(36(40)45)18-22-47-32/h3-8,13-16,25-26,29-30H,9-12,17-24H2,1-2H3. The van der Waals surface area contributed by atoms with E-state index in [1.165, 1.54) is 20.9 Å². The van der Waals surface area contributed by atoms with Crippen LogP contribution < -0.4 is 0 Å². The molecule has 3 nitrogen and oxygen atoms in total. The molecule has 0 spiro atoms. The fourth-order valence-electron chi connectivity index (χ4n) is 7.66. The first-order chi connectivity index (χ1) is 23.1. The van der Waals surface area contributed by atoms with Crippen molar-refractivity contribution in [3.63, 3.8) is 0 Å².